The van der Waals surface area contributed by atoms with Crippen LogP contribution in [0.25, 0.3) is 0 Å². The highest BCUT2D eigenvalue weighted by molar-refractivity contribution is 5.42. The molecular formula is C16H28N2O2. The van der Waals surface area contributed by atoms with Crippen molar-refractivity contribution in [3.05, 3.63) is 23.8 Å². The van der Waals surface area contributed by atoms with Gasteiger partial charge in [-0.2, -0.15) is 0 Å². The molecule has 20 heavy (non-hydrogen) atoms. The number of nitrogens with two attached hydrogens (primary N) is 1. The Balaban J connectivity index is 2.97. The molecule has 0 heterocycles. The minimum absolute atomic E-state index is 0.0801. The first kappa shape index (κ1) is 16.8. The summed E-state index contributed by atoms with van der Waals surface area (Å²) in [6.45, 7) is 4.93. The average Bonchev–Trinajstić information content (AvgIpc) is 2.50. The molecule has 0 aliphatic carbocycles. The van der Waals surface area contributed by atoms with Crippen LogP contribution in [0.4, 0.5) is 0 Å². The van der Waals surface area contributed by atoms with Gasteiger partial charge in [0.2, 0.25) is 0 Å². The van der Waals surface area contributed by atoms with Crippen LogP contribution >= 0.6 is 0 Å². The molecule has 0 amide bonds. The first-order valence-corrected chi connectivity index (χ1v) is 7.38. The van der Waals surface area contributed by atoms with Gasteiger partial charge in [0.25, 0.3) is 0 Å². The zero-order valence-corrected chi connectivity index (χ0v) is 13.1. The first-order chi connectivity index (χ1) is 9.69. The third-order valence-electron chi connectivity index (χ3n) is 3.61. The molecule has 0 radical (unpaired) electrons. The zero-order valence-electron chi connectivity index (χ0n) is 13.1. The van der Waals surface area contributed by atoms with Crippen molar-refractivity contribution < 1.29 is 9.47 Å². The van der Waals surface area contributed by atoms with Crippen LogP contribution in [0.1, 0.15) is 44.7 Å². The van der Waals surface area contributed by atoms with Gasteiger partial charge >= 0.3 is 0 Å². The molecule has 0 spiro atoms. The lowest BCUT2D eigenvalue weighted by molar-refractivity contribution is 0.370. The summed E-state index contributed by atoms with van der Waals surface area (Å²) in [5, 5.41) is 3.64. The largest absolute Gasteiger partial charge is 0.497 e. The number of hydrogen-bond donors (Lipinski definition) is 2. The monoisotopic (exact) mass is 280 g/mol. The summed E-state index contributed by atoms with van der Waals surface area (Å²) in [7, 11) is 3.35. The van der Waals surface area contributed by atoms with E-state index in [-0.39, 0.29) is 6.04 Å². The number of rotatable bonds is 9. The fourth-order valence-corrected chi connectivity index (χ4v) is 2.43. The number of benzene rings is 1. The van der Waals surface area contributed by atoms with E-state index in [0.717, 1.165) is 36.3 Å². The molecule has 0 aliphatic rings. The molecule has 0 saturated carbocycles. The molecular weight excluding hydrogens is 252 g/mol. The Morgan fingerprint density at radius 1 is 1.20 bits per heavy atom. The second-order valence-electron chi connectivity index (χ2n) is 4.96. The van der Waals surface area contributed by atoms with Crippen LogP contribution in [-0.4, -0.2) is 26.8 Å². The van der Waals surface area contributed by atoms with Gasteiger partial charge in [-0.15, -0.1) is 0 Å². The molecule has 1 aromatic rings. The van der Waals surface area contributed by atoms with E-state index >= 15 is 0 Å². The van der Waals surface area contributed by atoms with Gasteiger partial charge in [-0.05, 0) is 31.0 Å². The lowest BCUT2D eigenvalue weighted by Crippen LogP contribution is -2.36. The second kappa shape index (κ2) is 8.82. The molecule has 2 atom stereocenters. The molecule has 0 aromatic heterocycles. The summed E-state index contributed by atoms with van der Waals surface area (Å²) in [4.78, 5) is 0. The predicted octanol–water partition coefficient (Wildman–Crippen LogP) is 2.87. The maximum absolute atomic E-state index is 5.96. The minimum atomic E-state index is 0.0801. The van der Waals surface area contributed by atoms with Crippen molar-refractivity contribution in [3.8, 4) is 11.5 Å². The Hall–Kier alpha value is -1.26. The van der Waals surface area contributed by atoms with Crippen molar-refractivity contribution >= 4 is 0 Å². The van der Waals surface area contributed by atoms with Crippen molar-refractivity contribution in [2.75, 3.05) is 20.8 Å². The Kier molecular flexibility index (Phi) is 7.41. The van der Waals surface area contributed by atoms with E-state index in [1.165, 1.54) is 0 Å². The van der Waals surface area contributed by atoms with Gasteiger partial charge in [0.15, 0.2) is 0 Å². The van der Waals surface area contributed by atoms with Crippen molar-refractivity contribution in [1.29, 1.82) is 0 Å². The quantitative estimate of drug-likeness (QED) is 0.730. The van der Waals surface area contributed by atoms with Gasteiger partial charge in [-0.3, -0.25) is 0 Å². The Morgan fingerprint density at radius 2 is 1.95 bits per heavy atom. The maximum atomic E-state index is 5.96. The Labute approximate surface area is 122 Å². The first-order valence-electron chi connectivity index (χ1n) is 7.38. The van der Waals surface area contributed by atoms with Gasteiger partial charge in [0, 0.05) is 24.2 Å². The van der Waals surface area contributed by atoms with Crippen LogP contribution in [0.2, 0.25) is 0 Å². The molecule has 0 fully saturated rings. The SMILES string of the molecule is CCCC(CC)NC(CN)c1cc(OC)ccc1OC. The summed E-state index contributed by atoms with van der Waals surface area (Å²) >= 11 is 0. The van der Waals surface area contributed by atoms with Gasteiger partial charge < -0.3 is 20.5 Å². The molecule has 1 rings (SSSR count). The molecule has 114 valence electrons. The number of ether oxygens (including phenoxy) is 2. The van der Waals surface area contributed by atoms with Crippen LogP contribution in [0.15, 0.2) is 18.2 Å². The van der Waals surface area contributed by atoms with E-state index < -0.39 is 0 Å². The fraction of sp³-hybridized carbons (Fsp3) is 0.625. The second-order valence-corrected chi connectivity index (χ2v) is 4.96. The minimum Gasteiger partial charge on any atom is -0.497 e. The molecule has 2 unspecified atom stereocenters. The normalized spacial score (nSPS) is 13.8. The van der Waals surface area contributed by atoms with E-state index in [4.69, 9.17) is 15.2 Å². The highest BCUT2D eigenvalue weighted by atomic mass is 16.5. The van der Waals surface area contributed by atoms with Crippen LogP contribution < -0.4 is 20.5 Å². The smallest absolute Gasteiger partial charge is 0.123 e. The zero-order chi connectivity index (χ0) is 15.0. The van der Waals surface area contributed by atoms with Crippen molar-refractivity contribution in [1.82, 2.24) is 5.32 Å². The third-order valence-corrected chi connectivity index (χ3v) is 3.61. The van der Waals surface area contributed by atoms with Gasteiger partial charge in [-0.1, -0.05) is 20.3 Å². The average molecular weight is 280 g/mol. The van der Waals surface area contributed by atoms with E-state index in [2.05, 4.69) is 19.2 Å². The molecule has 0 aliphatic heterocycles. The third kappa shape index (κ3) is 4.39. The van der Waals surface area contributed by atoms with Gasteiger partial charge in [0.05, 0.1) is 14.2 Å². The summed E-state index contributed by atoms with van der Waals surface area (Å²) in [5.74, 6) is 1.67. The van der Waals surface area contributed by atoms with Crippen molar-refractivity contribution in [3.63, 3.8) is 0 Å². The van der Waals surface area contributed by atoms with Crippen LogP contribution in [0, 0.1) is 0 Å². The molecule has 4 heteroatoms. The van der Waals surface area contributed by atoms with Crippen LogP contribution in [0.3, 0.4) is 0 Å². The summed E-state index contributed by atoms with van der Waals surface area (Å²) in [5.41, 5.74) is 7.02. The lowest BCUT2D eigenvalue weighted by atomic mass is 10.0. The van der Waals surface area contributed by atoms with E-state index in [0.29, 0.717) is 12.6 Å². The van der Waals surface area contributed by atoms with E-state index in [1.807, 2.05) is 18.2 Å². The van der Waals surface area contributed by atoms with Crippen molar-refractivity contribution in [2.24, 2.45) is 5.73 Å². The molecule has 0 saturated heterocycles. The molecule has 1 aromatic carbocycles. The summed E-state index contributed by atoms with van der Waals surface area (Å²) < 4.78 is 10.8. The molecule has 3 N–H and O–H groups in total. The predicted molar refractivity (Wildman–Crippen MR) is 83.5 cm³/mol. The molecule has 0 bridgehead atoms. The number of methoxy groups -OCH3 is 2. The lowest BCUT2D eigenvalue weighted by Gasteiger charge is -2.26. The Bertz CT molecular complexity index is 396. The Morgan fingerprint density at radius 3 is 2.45 bits per heavy atom. The van der Waals surface area contributed by atoms with Crippen LogP contribution in [0.5, 0.6) is 11.5 Å². The summed E-state index contributed by atoms with van der Waals surface area (Å²) in [6.07, 6.45) is 3.41. The number of nitrogens with one attached hydrogen (secondary N) is 1. The standard InChI is InChI=1S/C16H28N2O2/c1-5-7-12(6-2)18-15(11-17)14-10-13(19-3)8-9-16(14)20-4/h8-10,12,15,18H,5-7,11,17H2,1-4H3. The van der Waals surface area contributed by atoms with E-state index in [9.17, 15) is 0 Å². The highest BCUT2D eigenvalue weighted by Gasteiger charge is 2.18. The maximum Gasteiger partial charge on any atom is 0.123 e. The highest BCUT2D eigenvalue weighted by Crippen LogP contribution is 2.29. The van der Waals surface area contributed by atoms with Gasteiger partial charge in [-0.25, -0.2) is 0 Å². The molecule has 4 nitrogen and oxygen atoms in total. The van der Waals surface area contributed by atoms with Crippen LogP contribution in [-0.2, 0) is 0 Å². The number of hydrogen-bond acceptors (Lipinski definition) is 4. The summed E-state index contributed by atoms with van der Waals surface area (Å²) in [6, 6.07) is 6.39. The topological polar surface area (TPSA) is 56.5 Å². The fourth-order valence-electron chi connectivity index (χ4n) is 2.43. The van der Waals surface area contributed by atoms with Gasteiger partial charge in [0.1, 0.15) is 11.5 Å². The van der Waals surface area contributed by atoms with E-state index in [1.54, 1.807) is 14.2 Å². The van der Waals surface area contributed by atoms with Crippen molar-refractivity contribution in [2.45, 2.75) is 45.2 Å².